The van der Waals surface area contributed by atoms with E-state index in [2.05, 4.69) is 31.9 Å². The van der Waals surface area contributed by atoms with Gasteiger partial charge in [0.05, 0.1) is 18.3 Å². The molecule has 1 aliphatic rings. The van der Waals surface area contributed by atoms with E-state index >= 15 is 0 Å². The fraction of sp³-hybridized carbons (Fsp3) is 0.304. The van der Waals surface area contributed by atoms with Gasteiger partial charge < -0.3 is 24.8 Å². The van der Waals surface area contributed by atoms with Crippen molar-refractivity contribution in [1.29, 1.82) is 0 Å². The van der Waals surface area contributed by atoms with Gasteiger partial charge in [0.15, 0.2) is 17.5 Å². The molecular weight excluding hydrogens is 521 g/mol. The van der Waals surface area contributed by atoms with Crippen molar-refractivity contribution in [1.82, 2.24) is 15.5 Å². The SMILES string of the molecule is CC(C)Oc1ccc(NC(=NCc2ccn[nH]2)NCCc2ccc3c(c2)OCO3)cc1.I. The fourth-order valence-corrected chi connectivity index (χ4v) is 3.12. The average Bonchev–Trinajstić information content (AvgIpc) is 3.44. The van der Waals surface area contributed by atoms with Crippen LogP contribution in [0.4, 0.5) is 5.69 Å². The predicted octanol–water partition coefficient (Wildman–Crippen LogP) is 4.34. The number of fused-ring (bicyclic) bond motifs is 1. The lowest BCUT2D eigenvalue weighted by Crippen LogP contribution is -2.32. The zero-order chi connectivity index (χ0) is 21.5. The number of benzene rings is 2. The third-order valence-electron chi connectivity index (χ3n) is 4.60. The smallest absolute Gasteiger partial charge is 0.231 e. The van der Waals surface area contributed by atoms with E-state index in [0.717, 1.165) is 35.1 Å². The number of halogens is 1. The maximum absolute atomic E-state index is 5.71. The molecule has 3 aromatic rings. The second-order valence-corrected chi connectivity index (χ2v) is 7.43. The van der Waals surface area contributed by atoms with Gasteiger partial charge in [-0.05, 0) is 68.3 Å². The first-order chi connectivity index (χ1) is 15.2. The topological polar surface area (TPSA) is 92.8 Å². The summed E-state index contributed by atoms with van der Waals surface area (Å²) >= 11 is 0. The number of aromatic amines is 1. The first kappa shape index (κ1) is 23.7. The molecule has 2 aromatic carbocycles. The van der Waals surface area contributed by atoms with Crippen LogP contribution in [0, 0.1) is 0 Å². The molecule has 0 fully saturated rings. The molecule has 0 atom stereocenters. The number of ether oxygens (including phenoxy) is 3. The molecule has 1 aliphatic heterocycles. The van der Waals surface area contributed by atoms with E-state index in [4.69, 9.17) is 14.2 Å². The number of nitrogens with one attached hydrogen (secondary N) is 3. The van der Waals surface area contributed by atoms with Crippen molar-refractivity contribution in [2.24, 2.45) is 4.99 Å². The number of aromatic nitrogens is 2. The van der Waals surface area contributed by atoms with Gasteiger partial charge in [0.1, 0.15) is 5.75 Å². The minimum Gasteiger partial charge on any atom is -0.491 e. The van der Waals surface area contributed by atoms with Crippen molar-refractivity contribution in [3.63, 3.8) is 0 Å². The van der Waals surface area contributed by atoms with Gasteiger partial charge in [0.2, 0.25) is 6.79 Å². The Bertz CT molecular complexity index is 1010. The van der Waals surface area contributed by atoms with Crippen LogP contribution in [0.5, 0.6) is 17.2 Å². The lowest BCUT2D eigenvalue weighted by molar-refractivity contribution is 0.174. The largest absolute Gasteiger partial charge is 0.491 e. The third-order valence-corrected chi connectivity index (χ3v) is 4.60. The lowest BCUT2D eigenvalue weighted by atomic mass is 10.1. The van der Waals surface area contributed by atoms with Gasteiger partial charge in [-0.2, -0.15) is 5.10 Å². The molecule has 4 rings (SSSR count). The van der Waals surface area contributed by atoms with E-state index in [9.17, 15) is 0 Å². The van der Waals surface area contributed by atoms with Crippen LogP contribution in [0.25, 0.3) is 0 Å². The normalized spacial score (nSPS) is 12.4. The van der Waals surface area contributed by atoms with E-state index in [0.29, 0.717) is 19.0 Å². The summed E-state index contributed by atoms with van der Waals surface area (Å²) in [5, 5.41) is 13.7. The number of aliphatic imine (C=N–C) groups is 1. The van der Waals surface area contributed by atoms with E-state index in [1.165, 1.54) is 5.56 Å². The molecular formula is C23H28IN5O3. The number of rotatable bonds is 8. The summed E-state index contributed by atoms with van der Waals surface area (Å²) in [6.45, 7) is 5.51. The van der Waals surface area contributed by atoms with Crippen LogP contribution in [-0.2, 0) is 13.0 Å². The zero-order valence-corrected chi connectivity index (χ0v) is 20.5. The Kier molecular flexibility index (Phi) is 8.60. The minimum atomic E-state index is 0. The summed E-state index contributed by atoms with van der Waals surface area (Å²) in [7, 11) is 0. The molecule has 0 saturated heterocycles. The third kappa shape index (κ3) is 6.78. The van der Waals surface area contributed by atoms with Crippen molar-refractivity contribution in [3.8, 4) is 17.2 Å². The highest BCUT2D eigenvalue weighted by molar-refractivity contribution is 14.0. The zero-order valence-electron chi connectivity index (χ0n) is 18.1. The Labute approximate surface area is 204 Å². The minimum absolute atomic E-state index is 0. The standard InChI is InChI=1S/C23H27N5O3.HI/c1-16(2)31-20-6-4-18(5-7-20)27-23(25-14-19-10-12-26-28-19)24-11-9-17-3-8-21-22(13-17)30-15-29-21;/h3-8,10,12-13,16H,9,11,14-15H2,1-2H3,(H,26,28)(H2,24,25,27);1H. The van der Waals surface area contributed by atoms with Crippen LogP contribution < -0.4 is 24.8 Å². The summed E-state index contributed by atoms with van der Waals surface area (Å²) in [5.74, 6) is 3.12. The number of anilines is 1. The molecule has 0 amide bonds. The molecule has 32 heavy (non-hydrogen) atoms. The van der Waals surface area contributed by atoms with Gasteiger partial charge >= 0.3 is 0 Å². The Morgan fingerprint density at radius 2 is 1.94 bits per heavy atom. The Morgan fingerprint density at radius 1 is 1.12 bits per heavy atom. The maximum atomic E-state index is 5.71. The highest BCUT2D eigenvalue weighted by Gasteiger charge is 2.13. The van der Waals surface area contributed by atoms with Crippen LogP contribution in [0.2, 0.25) is 0 Å². The second-order valence-electron chi connectivity index (χ2n) is 7.43. The molecule has 3 N–H and O–H groups in total. The molecule has 0 spiro atoms. The van der Waals surface area contributed by atoms with Crippen LogP contribution in [0.3, 0.4) is 0 Å². The van der Waals surface area contributed by atoms with Gasteiger partial charge in [-0.1, -0.05) is 6.07 Å². The van der Waals surface area contributed by atoms with Crippen molar-refractivity contribution in [3.05, 3.63) is 66.0 Å². The lowest BCUT2D eigenvalue weighted by Gasteiger charge is -2.14. The molecule has 2 heterocycles. The van der Waals surface area contributed by atoms with Crippen molar-refractivity contribution in [2.75, 3.05) is 18.7 Å². The van der Waals surface area contributed by atoms with E-state index in [-0.39, 0.29) is 36.9 Å². The highest BCUT2D eigenvalue weighted by Crippen LogP contribution is 2.32. The van der Waals surface area contributed by atoms with Crippen LogP contribution >= 0.6 is 24.0 Å². The van der Waals surface area contributed by atoms with Crippen molar-refractivity contribution >= 4 is 35.6 Å². The van der Waals surface area contributed by atoms with Crippen LogP contribution in [-0.4, -0.2) is 35.6 Å². The van der Waals surface area contributed by atoms with Gasteiger partial charge in [0, 0.05) is 18.4 Å². The monoisotopic (exact) mass is 549 g/mol. The summed E-state index contributed by atoms with van der Waals surface area (Å²) in [6, 6.07) is 15.8. The Morgan fingerprint density at radius 3 is 2.69 bits per heavy atom. The molecule has 8 nitrogen and oxygen atoms in total. The molecule has 9 heteroatoms. The van der Waals surface area contributed by atoms with Gasteiger partial charge in [0.25, 0.3) is 0 Å². The number of hydrogen-bond donors (Lipinski definition) is 3. The Hall–Kier alpha value is -2.95. The molecule has 1 aromatic heterocycles. The average molecular weight is 549 g/mol. The summed E-state index contributed by atoms with van der Waals surface area (Å²) in [5.41, 5.74) is 3.03. The molecule has 0 unspecified atom stereocenters. The number of nitrogens with zero attached hydrogens (tertiary/aromatic N) is 2. The van der Waals surface area contributed by atoms with Crippen LogP contribution in [0.1, 0.15) is 25.1 Å². The van der Waals surface area contributed by atoms with E-state index in [1.54, 1.807) is 6.20 Å². The van der Waals surface area contributed by atoms with E-state index < -0.39 is 0 Å². The second kappa shape index (κ2) is 11.6. The first-order valence-corrected chi connectivity index (χ1v) is 10.3. The Balaban J connectivity index is 0.00000289. The van der Waals surface area contributed by atoms with Crippen LogP contribution in [0.15, 0.2) is 59.7 Å². The molecule has 170 valence electrons. The van der Waals surface area contributed by atoms with Gasteiger partial charge in [-0.15, -0.1) is 24.0 Å². The fourth-order valence-electron chi connectivity index (χ4n) is 3.12. The van der Waals surface area contributed by atoms with Gasteiger partial charge in [-0.3, -0.25) is 5.10 Å². The summed E-state index contributed by atoms with van der Waals surface area (Å²) < 4.78 is 16.5. The molecule has 0 saturated carbocycles. The number of guanidine groups is 1. The first-order valence-electron chi connectivity index (χ1n) is 10.3. The molecule has 0 bridgehead atoms. The van der Waals surface area contributed by atoms with Gasteiger partial charge in [-0.25, -0.2) is 4.99 Å². The summed E-state index contributed by atoms with van der Waals surface area (Å²) in [6.07, 6.45) is 2.68. The number of hydrogen-bond acceptors (Lipinski definition) is 5. The summed E-state index contributed by atoms with van der Waals surface area (Å²) in [4.78, 5) is 4.67. The van der Waals surface area contributed by atoms with Crippen molar-refractivity contribution in [2.45, 2.75) is 32.9 Å². The highest BCUT2D eigenvalue weighted by atomic mass is 127. The number of H-pyrrole nitrogens is 1. The van der Waals surface area contributed by atoms with E-state index in [1.807, 2.05) is 56.3 Å². The molecule has 0 radical (unpaired) electrons. The quantitative estimate of drug-likeness (QED) is 0.220. The predicted molar refractivity (Wildman–Crippen MR) is 135 cm³/mol. The molecule has 0 aliphatic carbocycles. The van der Waals surface area contributed by atoms with Crippen molar-refractivity contribution < 1.29 is 14.2 Å². The maximum Gasteiger partial charge on any atom is 0.231 e.